The summed E-state index contributed by atoms with van der Waals surface area (Å²) in [6.07, 6.45) is 2.57. The van der Waals surface area contributed by atoms with Crippen molar-refractivity contribution < 1.29 is 23.1 Å². The number of amides is 2. The van der Waals surface area contributed by atoms with Crippen molar-refractivity contribution in [3.8, 4) is 5.75 Å². The molecule has 7 nitrogen and oxygen atoms in total. The number of fused-ring (bicyclic) bond motifs is 1. The molecule has 2 amide bonds. The van der Waals surface area contributed by atoms with Gasteiger partial charge in [0.25, 0.3) is 5.91 Å². The van der Waals surface area contributed by atoms with E-state index in [0.29, 0.717) is 42.9 Å². The van der Waals surface area contributed by atoms with E-state index in [4.69, 9.17) is 9.15 Å². The quantitative estimate of drug-likeness (QED) is 0.679. The predicted octanol–water partition coefficient (Wildman–Crippen LogP) is 3.23. The van der Waals surface area contributed by atoms with E-state index in [1.807, 2.05) is 0 Å². The molecule has 2 aromatic heterocycles. The minimum Gasteiger partial charge on any atom is -0.448 e. The lowest BCUT2D eigenvalue weighted by atomic mass is 10.1. The summed E-state index contributed by atoms with van der Waals surface area (Å²) in [5, 5.41) is 0.585. The van der Waals surface area contributed by atoms with Crippen molar-refractivity contribution >= 4 is 23.0 Å². The number of aryl methyl sites for hydroxylation is 1. The standard InChI is InChI=1S/C20H18FN3O4/c1-13-15-5-2-6-16(21)18(15)28-17(13)19(25)23-8-10-24(11-9-23)20(26)27-14-4-3-7-22-12-14/h2-7,12H,8-11H2,1H3. The molecule has 28 heavy (non-hydrogen) atoms. The van der Waals surface area contributed by atoms with Gasteiger partial charge in [-0.05, 0) is 25.1 Å². The Morgan fingerprint density at radius 2 is 1.86 bits per heavy atom. The lowest BCUT2D eigenvalue weighted by molar-refractivity contribution is 0.0605. The van der Waals surface area contributed by atoms with E-state index >= 15 is 0 Å². The number of carbonyl (C=O) groups is 2. The molecule has 144 valence electrons. The van der Waals surface area contributed by atoms with Gasteiger partial charge in [-0.25, -0.2) is 9.18 Å². The maximum atomic E-state index is 13.9. The first-order valence-electron chi connectivity index (χ1n) is 8.88. The molecule has 0 saturated carbocycles. The molecule has 0 spiro atoms. The van der Waals surface area contributed by atoms with E-state index < -0.39 is 11.9 Å². The van der Waals surface area contributed by atoms with Gasteiger partial charge in [0.2, 0.25) is 0 Å². The molecule has 1 fully saturated rings. The third kappa shape index (κ3) is 3.28. The van der Waals surface area contributed by atoms with Crippen LogP contribution in [0.3, 0.4) is 0 Å². The summed E-state index contributed by atoms with van der Waals surface area (Å²) in [7, 11) is 0. The highest BCUT2D eigenvalue weighted by Gasteiger charge is 2.29. The molecule has 1 aliphatic rings. The smallest absolute Gasteiger partial charge is 0.415 e. The number of furan rings is 1. The summed E-state index contributed by atoms with van der Waals surface area (Å²) in [6.45, 7) is 3.07. The fraction of sp³-hybridized carbons (Fsp3) is 0.250. The molecular formula is C20H18FN3O4. The van der Waals surface area contributed by atoms with Crippen LogP contribution in [0.2, 0.25) is 0 Å². The van der Waals surface area contributed by atoms with E-state index in [1.165, 1.54) is 17.2 Å². The van der Waals surface area contributed by atoms with Crippen LogP contribution in [0.4, 0.5) is 9.18 Å². The zero-order chi connectivity index (χ0) is 19.7. The molecule has 3 aromatic rings. The molecule has 0 N–H and O–H groups in total. The second-order valence-electron chi connectivity index (χ2n) is 6.51. The Morgan fingerprint density at radius 1 is 1.11 bits per heavy atom. The van der Waals surface area contributed by atoms with Crippen LogP contribution in [-0.2, 0) is 0 Å². The minimum atomic E-state index is -0.498. The first-order chi connectivity index (χ1) is 13.5. The van der Waals surface area contributed by atoms with Crippen molar-refractivity contribution in [2.24, 2.45) is 0 Å². The lowest BCUT2D eigenvalue weighted by Gasteiger charge is -2.33. The Hall–Kier alpha value is -3.42. The number of aromatic nitrogens is 1. The van der Waals surface area contributed by atoms with Gasteiger partial charge < -0.3 is 19.0 Å². The molecular weight excluding hydrogens is 365 g/mol. The average Bonchev–Trinajstić information content (AvgIpc) is 3.06. The summed E-state index contributed by atoms with van der Waals surface area (Å²) >= 11 is 0. The number of para-hydroxylation sites is 1. The zero-order valence-electron chi connectivity index (χ0n) is 15.2. The summed E-state index contributed by atoms with van der Waals surface area (Å²) in [5.41, 5.74) is 0.694. The highest BCUT2D eigenvalue weighted by Crippen LogP contribution is 2.28. The second-order valence-corrected chi connectivity index (χ2v) is 6.51. The topological polar surface area (TPSA) is 75.9 Å². The lowest BCUT2D eigenvalue weighted by Crippen LogP contribution is -2.51. The molecule has 0 atom stereocenters. The van der Waals surface area contributed by atoms with Gasteiger partial charge in [-0.15, -0.1) is 0 Å². The minimum absolute atomic E-state index is 0.0852. The predicted molar refractivity (Wildman–Crippen MR) is 98.6 cm³/mol. The normalized spacial score (nSPS) is 14.4. The number of carbonyl (C=O) groups excluding carboxylic acids is 2. The monoisotopic (exact) mass is 383 g/mol. The number of rotatable bonds is 2. The maximum Gasteiger partial charge on any atom is 0.415 e. The van der Waals surface area contributed by atoms with Crippen LogP contribution in [0.1, 0.15) is 16.1 Å². The van der Waals surface area contributed by atoms with E-state index in [-0.39, 0.29) is 17.3 Å². The van der Waals surface area contributed by atoms with Gasteiger partial charge in [0.05, 0.1) is 6.20 Å². The number of halogens is 1. The van der Waals surface area contributed by atoms with Crippen LogP contribution in [-0.4, -0.2) is 53.0 Å². The van der Waals surface area contributed by atoms with E-state index in [9.17, 15) is 14.0 Å². The van der Waals surface area contributed by atoms with E-state index in [0.717, 1.165) is 0 Å². The molecule has 0 aliphatic carbocycles. The molecule has 1 aromatic carbocycles. The Labute approximate surface area is 160 Å². The number of benzene rings is 1. The SMILES string of the molecule is Cc1c(C(=O)N2CCN(C(=O)Oc3cccnc3)CC2)oc2c(F)cccc12. The van der Waals surface area contributed by atoms with Gasteiger partial charge in [-0.1, -0.05) is 12.1 Å². The van der Waals surface area contributed by atoms with Crippen LogP contribution in [0.5, 0.6) is 5.75 Å². The Balaban J connectivity index is 1.42. The van der Waals surface area contributed by atoms with Gasteiger partial charge >= 0.3 is 6.09 Å². The zero-order valence-corrected chi connectivity index (χ0v) is 15.2. The van der Waals surface area contributed by atoms with Crippen LogP contribution in [0.25, 0.3) is 11.0 Å². The Morgan fingerprint density at radius 3 is 2.54 bits per heavy atom. The largest absolute Gasteiger partial charge is 0.448 e. The second kappa shape index (κ2) is 7.30. The first-order valence-corrected chi connectivity index (χ1v) is 8.88. The van der Waals surface area contributed by atoms with Crippen molar-refractivity contribution in [3.63, 3.8) is 0 Å². The van der Waals surface area contributed by atoms with Crippen molar-refractivity contribution in [1.29, 1.82) is 0 Å². The number of ether oxygens (including phenoxy) is 1. The molecule has 8 heteroatoms. The molecule has 0 radical (unpaired) electrons. The average molecular weight is 383 g/mol. The van der Waals surface area contributed by atoms with Crippen LogP contribution in [0, 0.1) is 12.7 Å². The van der Waals surface area contributed by atoms with Crippen molar-refractivity contribution in [1.82, 2.24) is 14.8 Å². The Bertz CT molecular complexity index is 1030. The molecule has 3 heterocycles. The number of nitrogens with zero attached hydrogens (tertiary/aromatic N) is 3. The highest BCUT2D eigenvalue weighted by molar-refractivity contribution is 5.99. The highest BCUT2D eigenvalue weighted by atomic mass is 19.1. The number of pyridine rings is 1. The summed E-state index contributed by atoms with van der Waals surface area (Å²) in [5.74, 6) is -0.312. The summed E-state index contributed by atoms with van der Waals surface area (Å²) in [4.78, 5) is 32.1. The van der Waals surface area contributed by atoms with Gasteiger partial charge in [0.1, 0.15) is 0 Å². The molecule has 4 rings (SSSR count). The van der Waals surface area contributed by atoms with Crippen LogP contribution >= 0.6 is 0 Å². The third-order valence-electron chi connectivity index (χ3n) is 4.77. The number of hydrogen-bond acceptors (Lipinski definition) is 5. The van der Waals surface area contributed by atoms with Gasteiger partial charge in [0, 0.05) is 43.3 Å². The molecule has 1 saturated heterocycles. The first kappa shape index (κ1) is 18.0. The molecule has 0 unspecified atom stereocenters. The summed E-state index contributed by atoms with van der Waals surface area (Å²) < 4.78 is 24.7. The van der Waals surface area contributed by atoms with Crippen molar-refractivity contribution in [2.45, 2.75) is 6.92 Å². The van der Waals surface area contributed by atoms with Crippen LogP contribution in [0.15, 0.2) is 47.1 Å². The maximum absolute atomic E-state index is 13.9. The van der Waals surface area contributed by atoms with Gasteiger partial charge in [0.15, 0.2) is 22.9 Å². The van der Waals surface area contributed by atoms with Gasteiger partial charge in [-0.3, -0.25) is 9.78 Å². The fourth-order valence-corrected chi connectivity index (χ4v) is 3.22. The van der Waals surface area contributed by atoms with Gasteiger partial charge in [-0.2, -0.15) is 0 Å². The van der Waals surface area contributed by atoms with Crippen molar-refractivity contribution in [2.75, 3.05) is 26.2 Å². The van der Waals surface area contributed by atoms with Crippen molar-refractivity contribution in [3.05, 3.63) is 59.9 Å². The third-order valence-corrected chi connectivity index (χ3v) is 4.77. The number of piperazine rings is 1. The summed E-state index contributed by atoms with van der Waals surface area (Å²) in [6, 6.07) is 7.93. The van der Waals surface area contributed by atoms with E-state index in [1.54, 1.807) is 42.3 Å². The Kier molecular flexibility index (Phi) is 4.68. The van der Waals surface area contributed by atoms with Crippen LogP contribution < -0.4 is 4.74 Å². The molecule has 1 aliphatic heterocycles. The number of hydrogen-bond donors (Lipinski definition) is 0. The van der Waals surface area contributed by atoms with E-state index in [2.05, 4.69) is 4.98 Å². The molecule has 0 bridgehead atoms. The fourth-order valence-electron chi connectivity index (χ4n) is 3.22.